The van der Waals surface area contributed by atoms with E-state index in [2.05, 4.69) is 16.2 Å². The molecule has 138 valence electrons. The quantitative estimate of drug-likeness (QED) is 0.672. The molecule has 0 aliphatic carbocycles. The van der Waals surface area contributed by atoms with Crippen molar-refractivity contribution in [3.05, 3.63) is 52.5 Å². The zero-order chi connectivity index (χ0) is 19.1. The van der Waals surface area contributed by atoms with Crippen molar-refractivity contribution in [2.24, 2.45) is 0 Å². The number of benzene rings is 2. The summed E-state index contributed by atoms with van der Waals surface area (Å²) in [7, 11) is 1.50. The Balaban J connectivity index is 1.87. The van der Waals surface area contributed by atoms with Gasteiger partial charge in [0.15, 0.2) is 17.6 Å². The number of hydrogen-bond donors (Lipinski definition) is 3. The molecule has 7 nitrogen and oxygen atoms in total. The molecular weight excluding hydrogens is 381 g/mol. The van der Waals surface area contributed by atoms with Crippen LogP contribution in [-0.4, -0.2) is 25.2 Å². The topological polar surface area (TPSA) is 88.7 Å². The fourth-order valence-corrected chi connectivity index (χ4v) is 2.28. The summed E-state index contributed by atoms with van der Waals surface area (Å²) in [6, 6.07) is 11.0. The molecule has 0 fully saturated rings. The van der Waals surface area contributed by atoms with Crippen LogP contribution in [0.25, 0.3) is 0 Å². The van der Waals surface area contributed by atoms with Crippen LogP contribution in [0.4, 0.5) is 10.5 Å². The molecule has 0 aromatic heterocycles. The maximum atomic E-state index is 12.1. The Hall–Kier alpha value is -2.64. The van der Waals surface area contributed by atoms with Gasteiger partial charge in [0.25, 0.3) is 5.91 Å². The van der Waals surface area contributed by atoms with Gasteiger partial charge in [-0.05, 0) is 31.2 Å². The van der Waals surface area contributed by atoms with E-state index in [1.807, 2.05) is 0 Å². The van der Waals surface area contributed by atoms with E-state index < -0.39 is 18.0 Å². The summed E-state index contributed by atoms with van der Waals surface area (Å²) in [5.41, 5.74) is 4.77. The van der Waals surface area contributed by atoms with Crippen LogP contribution in [-0.2, 0) is 4.79 Å². The van der Waals surface area contributed by atoms with Crippen molar-refractivity contribution in [2.45, 2.75) is 13.0 Å². The van der Waals surface area contributed by atoms with Gasteiger partial charge in [0, 0.05) is 0 Å². The Bertz CT molecular complexity index is 801. The standard InChI is InChI=1S/C17H17Cl2N3O4/c1-10(26-14-9-4-3-8-13(14)25-2)16(23)21-22-17(24)20-12-7-5-6-11(18)15(12)19/h3-10H,1-2H3,(H,21,23)(H2,20,22,24). The third kappa shape index (κ3) is 5.18. The number of halogens is 2. The largest absolute Gasteiger partial charge is 0.493 e. The molecule has 0 heterocycles. The molecule has 2 aromatic carbocycles. The van der Waals surface area contributed by atoms with Crippen LogP contribution >= 0.6 is 23.2 Å². The molecular formula is C17H17Cl2N3O4. The first-order valence-electron chi connectivity index (χ1n) is 7.53. The minimum Gasteiger partial charge on any atom is -0.493 e. The predicted octanol–water partition coefficient (Wildman–Crippen LogP) is 3.62. The van der Waals surface area contributed by atoms with Gasteiger partial charge in [-0.3, -0.25) is 10.2 Å². The van der Waals surface area contributed by atoms with Gasteiger partial charge in [0.2, 0.25) is 0 Å². The molecule has 0 radical (unpaired) electrons. The number of anilines is 1. The van der Waals surface area contributed by atoms with Gasteiger partial charge in [0.1, 0.15) is 0 Å². The van der Waals surface area contributed by atoms with E-state index >= 15 is 0 Å². The van der Waals surface area contributed by atoms with Crippen LogP contribution in [0.3, 0.4) is 0 Å². The summed E-state index contributed by atoms with van der Waals surface area (Å²) in [6.45, 7) is 1.54. The summed E-state index contributed by atoms with van der Waals surface area (Å²) >= 11 is 11.8. The van der Waals surface area contributed by atoms with Crippen LogP contribution in [0.2, 0.25) is 10.0 Å². The van der Waals surface area contributed by atoms with Crippen LogP contribution in [0.5, 0.6) is 11.5 Å². The number of carbonyl (C=O) groups excluding carboxylic acids is 2. The second-order valence-corrected chi connectivity index (χ2v) is 5.87. The molecule has 3 N–H and O–H groups in total. The number of carbonyl (C=O) groups is 2. The lowest BCUT2D eigenvalue weighted by Gasteiger charge is -2.17. The highest BCUT2D eigenvalue weighted by Crippen LogP contribution is 2.29. The summed E-state index contributed by atoms with van der Waals surface area (Å²) in [5, 5.41) is 2.97. The van der Waals surface area contributed by atoms with E-state index in [0.29, 0.717) is 22.2 Å². The molecule has 1 atom stereocenters. The van der Waals surface area contributed by atoms with Crippen LogP contribution in [0.1, 0.15) is 6.92 Å². The number of rotatable bonds is 5. The van der Waals surface area contributed by atoms with Crippen molar-refractivity contribution in [2.75, 3.05) is 12.4 Å². The number of ether oxygens (including phenoxy) is 2. The predicted molar refractivity (Wildman–Crippen MR) is 99.8 cm³/mol. The number of urea groups is 1. The molecule has 26 heavy (non-hydrogen) atoms. The van der Waals surface area contributed by atoms with Crippen molar-refractivity contribution >= 4 is 40.8 Å². The lowest BCUT2D eigenvalue weighted by atomic mass is 10.3. The SMILES string of the molecule is COc1ccccc1OC(C)C(=O)NNC(=O)Nc1cccc(Cl)c1Cl. The van der Waals surface area contributed by atoms with E-state index in [1.54, 1.807) is 42.5 Å². The third-order valence-corrected chi connectivity index (χ3v) is 4.06. The first-order chi connectivity index (χ1) is 12.4. The molecule has 9 heteroatoms. The van der Waals surface area contributed by atoms with Gasteiger partial charge in [-0.25, -0.2) is 10.2 Å². The average Bonchev–Trinajstić information content (AvgIpc) is 2.64. The molecule has 0 aliphatic rings. The first kappa shape index (κ1) is 19.7. The van der Waals surface area contributed by atoms with Gasteiger partial charge in [0.05, 0.1) is 22.8 Å². The smallest absolute Gasteiger partial charge is 0.337 e. The zero-order valence-electron chi connectivity index (χ0n) is 14.0. The van der Waals surface area contributed by atoms with Crippen LogP contribution in [0, 0.1) is 0 Å². The highest BCUT2D eigenvalue weighted by molar-refractivity contribution is 6.43. The minimum atomic E-state index is -0.874. The normalized spacial score (nSPS) is 11.2. The maximum absolute atomic E-state index is 12.1. The van der Waals surface area contributed by atoms with Crippen molar-refractivity contribution in [1.29, 1.82) is 0 Å². The Morgan fingerprint density at radius 2 is 1.69 bits per heavy atom. The maximum Gasteiger partial charge on any atom is 0.337 e. The fraction of sp³-hybridized carbons (Fsp3) is 0.176. The van der Waals surface area contributed by atoms with E-state index in [4.69, 9.17) is 32.7 Å². The number of hydrogen-bond acceptors (Lipinski definition) is 4. The van der Waals surface area contributed by atoms with E-state index in [-0.39, 0.29) is 5.02 Å². The molecule has 2 aromatic rings. The Morgan fingerprint density at radius 3 is 2.38 bits per heavy atom. The summed E-state index contributed by atoms with van der Waals surface area (Å²) < 4.78 is 10.7. The van der Waals surface area contributed by atoms with Crippen LogP contribution in [0.15, 0.2) is 42.5 Å². The van der Waals surface area contributed by atoms with Gasteiger partial charge < -0.3 is 14.8 Å². The molecule has 2 rings (SSSR count). The highest BCUT2D eigenvalue weighted by Gasteiger charge is 2.17. The van der Waals surface area contributed by atoms with Gasteiger partial charge >= 0.3 is 6.03 Å². The first-order valence-corrected chi connectivity index (χ1v) is 8.28. The summed E-state index contributed by atoms with van der Waals surface area (Å²) in [6.07, 6.45) is -0.874. The number of amides is 3. The van der Waals surface area contributed by atoms with Gasteiger partial charge in [-0.15, -0.1) is 0 Å². The van der Waals surface area contributed by atoms with Crippen molar-refractivity contribution in [1.82, 2.24) is 10.9 Å². The Labute approximate surface area is 160 Å². The zero-order valence-corrected chi connectivity index (χ0v) is 15.5. The summed E-state index contributed by atoms with van der Waals surface area (Å²) in [5.74, 6) is 0.351. The molecule has 0 aliphatic heterocycles. The number of methoxy groups -OCH3 is 1. The second kappa shape index (κ2) is 9.17. The fourth-order valence-electron chi connectivity index (χ4n) is 1.93. The van der Waals surface area contributed by atoms with E-state index in [9.17, 15) is 9.59 Å². The highest BCUT2D eigenvalue weighted by atomic mass is 35.5. The number of nitrogens with one attached hydrogen (secondary N) is 3. The van der Waals surface area contributed by atoms with Crippen LogP contribution < -0.4 is 25.6 Å². The van der Waals surface area contributed by atoms with Crippen molar-refractivity contribution in [3.8, 4) is 11.5 Å². The number of hydrazine groups is 1. The average molecular weight is 398 g/mol. The minimum absolute atomic E-state index is 0.198. The lowest BCUT2D eigenvalue weighted by Crippen LogP contribution is -2.48. The Kier molecular flexibility index (Phi) is 6.94. The monoisotopic (exact) mass is 397 g/mol. The van der Waals surface area contributed by atoms with Crippen molar-refractivity contribution < 1.29 is 19.1 Å². The van der Waals surface area contributed by atoms with Crippen molar-refractivity contribution in [3.63, 3.8) is 0 Å². The molecule has 0 spiro atoms. The molecule has 1 unspecified atom stereocenters. The number of para-hydroxylation sites is 2. The summed E-state index contributed by atoms with van der Waals surface area (Å²) in [4.78, 5) is 23.9. The lowest BCUT2D eigenvalue weighted by molar-refractivity contribution is -0.128. The van der Waals surface area contributed by atoms with E-state index in [0.717, 1.165) is 0 Å². The third-order valence-electron chi connectivity index (χ3n) is 3.24. The molecule has 0 saturated heterocycles. The molecule has 0 bridgehead atoms. The molecule has 3 amide bonds. The molecule has 0 saturated carbocycles. The van der Waals surface area contributed by atoms with Gasteiger partial charge in [-0.2, -0.15) is 0 Å². The Morgan fingerprint density at radius 1 is 1.00 bits per heavy atom. The van der Waals surface area contributed by atoms with Gasteiger partial charge in [-0.1, -0.05) is 41.4 Å². The second-order valence-electron chi connectivity index (χ2n) is 5.08. The van der Waals surface area contributed by atoms with E-state index in [1.165, 1.54) is 14.0 Å².